The van der Waals surface area contributed by atoms with Crippen LogP contribution in [0.3, 0.4) is 0 Å². The van der Waals surface area contributed by atoms with Gasteiger partial charge in [0.1, 0.15) is 0 Å². The number of hydrogen-bond donors (Lipinski definition) is 1. The van der Waals surface area contributed by atoms with Crippen LogP contribution in [0.25, 0.3) is 0 Å². The molecule has 0 aromatic rings. The van der Waals surface area contributed by atoms with Crippen molar-refractivity contribution in [2.75, 3.05) is 33.5 Å². The zero-order valence-electron chi connectivity index (χ0n) is 27.0. The van der Waals surface area contributed by atoms with Gasteiger partial charge in [-0.3, -0.25) is 4.79 Å². The zero-order valence-corrected chi connectivity index (χ0v) is 27.0. The number of carbonyl (C=O) groups excluding carboxylic acids is 1. The summed E-state index contributed by atoms with van der Waals surface area (Å²) >= 11 is 0. The Hall–Kier alpha value is -0.610. The van der Waals surface area contributed by atoms with E-state index in [2.05, 4.69) is 19.2 Å². The number of methoxy groups -OCH3 is 1. The number of nitrogens with one attached hydrogen (secondary N) is 1. The van der Waals surface area contributed by atoms with Crippen LogP contribution in [0.15, 0.2) is 0 Å². The van der Waals surface area contributed by atoms with Crippen LogP contribution < -0.4 is 5.32 Å². The molecule has 0 saturated carbocycles. The highest BCUT2D eigenvalue weighted by Crippen LogP contribution is 2.20. The predicted octanol–water partition coefficient (Wildman–Crippen LogP) is 10.6. The fourth-order valence-electron chi connectivity index (χ4n) is 5.51. The summed E-state index contributed by atoms with van der Waals surface area (Å²) < 4.78 is 10.5. The number of unbranched alkanes of at least 4 members (excludes halogenated alkanes) is 22. The Kier molecular flexibility index (Phi) is 33.1. The Morgan fingerprint density at radius 2 is 0.872 bits per heavy atom. The number of amides is 1. The molecule has 0 heterocycles. The van der Waals surface area contributed by atoms with Gasteiger partial charge in [-0.15, -0.1) is 0 Å². The van der Waals surface area contributed by atoms with Crippen LogP contribution in [0.2, 0.25) is 0 Å². The Bertz CT molecular complexity index is 443. The van der Waals surface area contributed by atoms with Crippen molar-refractivity contribution in [1.29, 1.82) is 0 Å². The van der Waals surface area contributed by atoms with Crippen LogP contribution in [-0.2, 0) is 14.3 Å². The van der Waals surface area contributed by atoms with E-state index in [1.54, 1.807) is 7.11 Å². The summed E-state index contributed by atoms with van der Waals surface area (Å²) in [6.45, 7) is 6.94. The summed E-state index contributed by atoms with van der Waals surface area (Å²) in [5, 5.41) is 3.14. The Labute approximate surface area is 245 Å². The third-order valence-electron chi connectivity index (χ3n) is 8.16. The average Bonchev–Trinajstić information content (AvgIpc) is 2.94. The van der Waals surface area contributed by atoms with Crippen LogP contribution in [0, 0.1) is 5.92 Å². The van der Waals surface area contributed by atoms with Crippen LogP contribution in [-0.4, -0.2) is 39.4 Å². The van der Waals surface area contributed by atoms with Crippen LogP contribution in [0.5, 0.6) is 0 Å². The van der Waals surface area contributed by atoms with Gasteiger partial charge in [-0.1, -0.05) is 168 Å². The van der Waals surface area contributed by atoms with Gasteiger partial charge >= 0.3 is 0 Å². The second kappa shape index (κ2) is 33.6. The predicted molar refractivity (Wildman–Crippen MR) is 171 cm³/mol. The fraction of sp³-hybridized carbons (Fsp3) is 0.971. The van der Waals surface area contributed by atoms with Crippen molar-refractivity contribution >= 4 is 5.91 Å². The quantitative estimate of drug-likeness (QED) is 0.0822. The summed E-state index contributed by atoms with van der Waals surface area (Å²) in [7, 11) is 1.68. The molecule has 0 spiro atoms. The molecule has 0 aromatic heterocycles. The highest BCUT2D eigenvalue weighted by Gasteiger charge is 2.17. The molecular weight excluding hydrogens is 482 g/mol. The maximum absolute atomic E-state index is 12.9. The number of ether oxygens (including phenoxy) is 2. The highest BCUT2D eigenvalue weighted by molar-refractivity contribution is 5.78. The summed E-state index contributed by atoms with van der Waals surface area (Å²) in [5.41, 5.74) is 0. The van der Waals surface area contributed by atoms with Crippen molar-refractivity contribution in [3.8, 4) is 0 Å². The molecule has 0 radical (unpaired) electrons. The zero-order chi connectivity index (χ0) is 28.5. The highest BCUT2D eigenvalue weighted by atomic mass is 16.5. The smallest absolute Gasteiger partial charge is 0.223 e. The summed E-state index contributed by atoms with van der Waals surface area (Å²) in [4.78, 5) is 12.9. The normalized spacial score (nSPS) is 11.5. The van der Waals surface area contributed by atoms with E-state index in [0.29, 0.717) is 26.4 Å². The third-order valence-corrected chi connectivity index (χ3v) is 8.16. The van der Waals surface area contributed by atoms with E-state index < -0.39 is 0 Å². The van der Waals surface area contributed by atoms with E-state index >= 15 is 0 Å². The summed E-state index contributed by atoms with van der Waals surface area (Å²) in [5.74, 6) is 0.423. The van der Waals surface area contributed by atoms with Gasteiger partial charge in [0.25, 0.3) is 0 Å². The minimum atomic E-state index is 0.176. The molecule has 0 aliphatic carbocycles. The molecule has 39 heavy (non-hydrogen) atoms. The number of rotatable bonds is 33. The van der Waals surface area contributed by atoms with E-state index in [1.165, 1.54) is 154 Å². The molecule has 234 valence electrons. The van der Waals surface area contributed by atoms with Crippen molar-refractivity contribution in [3.63, 3.8) is 0 Å². The lowest BCUT2D eigenvalue weighted by molar-refractivity contribution is -0.125. The Morgan fingerprint density at radius 3 is 1.23 bits per heavy atom. The van der Waals surface area contributed by atoms with Gasteiger partial charge in [0.15, 0.2) is 0 Å². The van der Waals surface area contributed by atoms with E-state index in [1.807, 2.05) is 0 Å². The molecule has 1 N–H and O–H groups in total. The molecule has 4 heteroatoms. The second-order valence-electron chi connectivity index (χ2n) is 11.9. The van der Waals surface area contributed by atoms with Gasteiger partial charge in [-0.05, 0) is 12.8 Å². The SMILES string of the molecule is CCCCCCCCCCCCCCC(CCCCCCCCCCCCCC)C(=O)NCCOCCOC. The lowest BCUT2D eigenvalue weighted by atomic mass is 9.93. The maximum atomic E-state index is 12.9. The van der Waals surface area contributed by atoms with Crippen LogP contribution >= 0.6 is 0 Å². The minimum absolute atomic E-state index is 0.176. The van der Waals surface area contributed by atoms with Crippen molar-refractivity contribution < 1.29 is 14.3 Å². The van der Waals surface area contributed by atoms with Crippen molar-refractivity contribution in [2.24, 2.45) is 5.92 Å². The first-order valence-electron chi connectivity index (χ1n) is 17.6. The van der Waals surface area contributed by atoms with Crippen LogP contribution in [0.4, 0.5) is 0 Å². The monoisotopic (exact) mass is 554 g/mol. The van der Waals surface area contributed by atoms with E-state index in [-0.39, 0.29) is 11.8 Å². The molecule has 0 atom stereocenters. The summed E-state index contributed by atoms with van der Waals surface area (Å²) in [6.07, 6.45) is 34.9. The molecule has 0 saturated heterocycles. The van der Waals surface area contributed by atoms with Gasteiger partial charge in [-0.2, -0.15) is 0 Å². The summed E-state index contributed by atoms with van der Waals surface area (Å²) in [6, 6.07) is 0. The van der Waals surface area contributed by atoms with E-state index in [9.17, 15) is 4.79 Å². The number of hydrogen-bond acceptors (Lipinski definition) is 3. The Balaban J connectivity index is 3.98. The molecular formula is C35H71NO3. The third kappa shape index (κ3) is 30.2. The van der Waals surface area contributed by atoms with Gasteiger partial charge in [-0.25, -0.2) is 0 Å². The minimum Gasteiger partial charge on any atom is -0.382 e. The van der Waals surface area contributed by atoms with Gasteiger partial charge in [0, 0.05) is 19.6 Å². The molecule has 0 aliphatic heterocycles. The lowest BCUT2D eigenvalue weighted by Gasteiger charge is -2.17. The average molecular weight is 554 g/mol. The topological polar surface area (TPSA) is 47.6 Å². The second-order valence-corrected chi connectivity index (χ2v) is 11.9. The van der Waals surface area contributed by atoms with Crippen LogP contribution in [0.1, 0.15) is 181 Å². The standard InChI is InChI=1S/C35H71NO3/c1-4-6-8-10-12-14-16-18-20-22-24-26-28-34(35(37)36-30-31-39-33-32-38-3)29-27-25-23-21-19-17-15-13-11-9-7-5-2/h34H,4-33H2,1-3H3,(H,36,37). The van der Waals surface area contributed by atoms with Gasteiger partial charge in [0.05, 0.1) is 19.8 Å². The maximum Gasteiger partial charge on any atom is 0.223 e. The first-order valence-corrected chi connectivity index (χ1v) is 17.6. The first kappa shape index (κ1) is 38.4. The van der Waals surface area contributed by atoms with Crippen molar-refractivity contribution in [2.45, 2.75) is 181 Å². The van der Waals surface area contributed by atoms with E-state index in [0.717, 1.165) is 12.8 Å². The molecule has 0 unspecified atom stereocenters. The molecule has 1 amide bonds. The number of carbonyl (C=O) groups is 1. The molecule has 0 rings (SSSR count). The van der Waals surface area contributed by atoms with E-state index in [4.69, 9.17) is 9.47 Å². The van der Waals surface area contributed by atoms with Gasteiger partial charge in [0.2, 0.25) is 5.91 Å². The fourth-order valence-corrected chi connectivity index (χ4v) is 5.51. The first-order chi connectivity index (χ1) is 19.3. The van der Waals surface area contributed by atoms with Crippen molar-refractivity contribution in [3.05, 3.63) is 0 Å². The van der Waals surface area contributed by atoms with Gasteiger partial charge < -0.3 is 14.8 Å². The largest absolute Gasteiger partial charge is 0.382 e. The molecule has 0 bridgehead atoms. The van der Waals surface area contributed by atoms with Crippen molar-refractivity contribution in [1.82, 2.24) is 5.32 Å². The molecule has 0 aromatic carbocycles. The lowest BCUT2D eigenvalue weighted by Crippen LogP contribution is -2.33. The molecule has 0 fully saturated rings. The Morgan fingerprint density at radius 1 is 0.513 bits per heavy atom. The molecule has 4 nitrogen and oxygen atoms in total. The molecule has 0 aliphatic rings.